The fraction of sp³-hybridized carbons (Fsp3) is 1.00. The number of rotatable bonds is 1. The minimum atomic E-state index is -0.315. The van der Waals surface area contributed by atoms with Gasteiger partial charge in [0.1, 0.15) is 6.10 Å². The van der Waals surface area contributed by atoms with E-state index in [2.05, 4.69) is 0 Å². The van der Waals surface area contributed by atoms with Gasteiger partial charge < -0.3 is 9.84 Å². The van der Waals surface area contributed by atoms with Crippen LogP contribution in [0, 0.1) is 0 Å². The van der Waals surface area contributed by atoms with Crippen molar-refractivity contribution in [3.63, 3.8) is 0 Å². The van der Waals surface area contributed by atoms with Crippen LogP contribution >= 0.6 is 0 Å². The Hall–Kier alpha value is -0.0800. The molecular formula is C6H12O2. The molecular weight excluding hydrogens is 104 g/mol. The van der Waals surface area contributed by atoms with E-state index in [1.54, 1.807) is 6.92 Å². The molecule has 0 unspecified atom stereocenters. The summed E-state index contributed by atoms with van der Waals surface area (Å²) in [5.74, 6) is 0. The summed E-state index contributed by atoms with van der Waals surface area (Å²) in [5.41, 5.74) is -0.0613. The van der Waals surface area contributed by atoms with Crippen LogP contribution in [0.15, 0.2) is 0 Å². The molecule has 8 heavy (non-hydrogen) atoms. The fourth-order valence-electron chi connectivity index (χ4n) is 0.973. The minimum absolute atomic E-state index is 0.0613. The SMILES string of the molecule is C[C@H](O)[C@@H]1OC1(C)C. The smallest absolute Gasteiger partial charge is 0.112 e. The van der Waals surface area contributed by atoms with E-state index in [-0.39, 0.29) is 17.8 Å². The van der Waals surface area contributed by atoms with Crippen molar-refractivity contribution in [1.29, 1.82) is 0 Å². The molecule has 1 aliphatic rings. The molecule has 0 aromatic heterocycles. The first-order valence-electron chi connectivity index (χ1n) is 2.90. The lowest BCUT2D eigenvalue weighted by Crippen LogP contribution is -2.15. The molecule has 0 saturated carbocycles. The first-order chi connectivity index (χ1) is 3.54. The van der Waals surface area contributed by atoms with Gasteiger partial charge in [-0.25, -0.2) is 0 Å². The van der Waals surface area contributed by atoms with E-state index in [0.717, 1.165) is 0 Å². The molecule has 1 N–H and O–H groups in total. The number of hydrogen-bond acceptors (Lipinski definition) is 2. The van der Waals surface area contributed by atoms with Crippen LogP contribution in [-0.2, 0) is 4.74 Å². The highest BCUT2D eigenvalue weighted by Gasteiger charge is 2.50. The van der Waals surface area contributed by atoms with Gasteiger partial charge in [0.05, 0.1) is 11.7 Å². The Labute approximate surface area is 49.5 Å². The van der Waals surface area contributed by atoms with Gasteiger partial charge in [-0.05, 0) is 20.8 Å². The van der Waals surface area contributed by atoms with Crippen molar-refractivity contribution >= 4 is 0 Å². The van der Waals surface area contributed by atoms with Gasteiger partial charge in [0.25, 0.3) is 0 Å². The van der Waals surface area contributed by atoms with E-state index in [9.17, 15) is 0 Å². The zero-order valence-corrected chi connectivity index (χ0v) is 5.51. The van der Waals surface area contributed by atoms with Crippen LogP contribution < -0.4 is 0 Å². The number of aliphatic hydroxyl groups excluding tert-OH is 1. The van der Waals surface area contributed by atoms with Gasteiger partial charge >= 0.3 is 0 Å². The van der Waals surface area contributed by atoms with Gasteiger partial charge in [-0.15, -0.1) is 0 Å². The maximum absolute atomic E-state index is 8.90. The number of ether oxygens (including phenoxy) is 1. The Balaban J connectivity index is 2.37. The van der Waals surface area contributed by atoms with Gasteiger partial charge in [0.15, 0.2) is 0 Å². The lowest BCUT2D eigenvalue weighted by Gasteiger charge is -1.97. The molecule has 2 nitrogen and oxygen atoms in total. The molecule has 0 aliphatic carbocycles. The summed E-state index contributed by atoms with van der Waals surface area (Å²) in [6.07, 6.45) is -0.243. The molecule has 1 fully saturated rings. The van der Waals surface area contributed by atoms with Gasteiger partial charge in [-0.2, -0.15) is 0 Å². The topological polar surface area (TPSA) is 32.8 Å². The molecule has 0 aromatic rings. The summed E-state index contributed by atoms with van der Waals surface area (Å²) in [7, 11) is 0. The standard InChI is InChI=1S/C6H12O2/c1-4(7)5-6(2,3)8-5/h4-5,7H,1-3H3/t4-,5-/m0/s1. The van der Waals surface area contributed by atoms with E-state index >= 15 is 0 Å². The van der Waals surface area contributed by atoms with Gasteiger partial charge in [-0.3, -0.25) is 0 Å². The Morgan fingerprint density at radius 1 is 1.62 bits per heavy atom. The quantitative estimate of drug-likeness (QED) is 0.507. The van der Waals surface area contributed by atoms with Crippen LogP contribution in [0.4, 0.5) is 0 Å². The highest BCUT2D eigenvalue weighted by atomic mass is 16.6. The monoisotopic (exact) mass is 116 g/mol. The van der Waals surface area contributed by atoms with Crippen molar-refractivity contribution in [2.75, 3.05) is 0 Å². The molecule has 1 heterocycles. The summed E-state index contributed by atoms with van der Waals surface area (Å²) in [5, 5.41) is 8.90. The molecule has 0 spiro atoms. The Bertz CT molecular complexity index is 96.7. The summed E-state index contributed by atoms with van der Waals surface area (Å²) in [4.78, 5) is 0. The third kappa shape index (κ3) is 0.858. The lowest BCUT2D eigenvalue weighted by atomic mass is 10.1. The van der Waals surface area contributed by atoms with Gasteiger partial charge in [-0.1, -0.05) is 0 Å². The predicted molar refractivity (Wildman–Crippen MR) is 30.6 cm³/mol. The van der Waals surface area contributed by atoms with E-state index in [0.29, 0.717) is 0 Å². The Morgan fingerprint density at radius 2 is 2.00 bits per heavy atom. The van der Waals surface area contributed by atoms with E-state index in [4.69, 9.17) is 9.84 Å². The van der Waals surface area contributed by atoms with Crippen LogP contribution in [-0.4, -0.2) is 22.9 Å². The van der Waals surface area contributed by atoms with Crippen LogP contribution in [0.1, 0.15) is 20.8 Å². The van der Waals surface area contributed by atoms with E-state index < -0.39 is 0 Å². The Morgan fingerprint density at radius 3 is 2.00 bits per heavy atom. The number of aliphatic hydroxyl groups is 1. The van der Waals surface area contributed by atoms with Crippen LogP contribution in [0.3, 0.4) is 0 Å². The number of epoxide rings is 1. The van der Waals surface area contributed by atoms with Gasteiger partial charge in [0, 0.05) is 0 Å². The second-order valence-corrected chi connectivity index (χ2v) is 2.88. The molecule has 0 radical (unpaired) electrons. The summed E-state index contributed by atoms with van der Waals surface area (Å²) in [6, 6.07) is 0. The maximum atomic E-state index is 8.90. The van der Waals surface area contributed by atoms with E-state index in [1.165, 1.54) is 0 Å². The molecule has 0 aromatic carbocycles. The van der Waals surface area contributed by atoms with Crippen LogP contribution in [0.5, 0.6) is 0 Å². The van der Waals surface area contributed by atoms with Crippen LogP contribution in [0.25, 0.3) is 0 Å². The normalized spacial score (nSPS) is 36.8. The predicted octanol–water partition coefficient (Wildman–Crippen LogP) is 0.545. The van der Waals surface area contributed by atoms with E-state index in [1.807, 2.05) is 13.8 Å². The van der Waals surface area contributed by atoms with Crippen molar-refractivity contribution in [3.05, 3.63) is 0 Å². The van der Waals surface area contributed by atoms with Crippen molar-refractivity contribution in [3.8, 4) is 0 Å². The summed E-state index contributed by atoms with van der Waals surface area (Å²) in [6.45, 7) is 5.70. The molecule has 48 valence electrons. The molecule has 1 saturated heterocycles. The molecule has 1 aliphatic heterocycles. The fourth-order valence-corrected chi connectivity index (χ4v) is 0.973. The molecule has 0 bridgehead atoms. The van der Waals surface area contributed by atoms with Crippen molar-refractivity contribution in [2.45, 2.75) is 38.6 Å². The average Bonchev–Trinajstić information content (AvgIpc) is 2.13. The van der Waals surface area contributed by atoms with Crippen molar-refractivity contribution < 1.29 is 9.84 Å². The molecule has 0 amide bonds. The maximum Gasteiger partial charge on any atom is 0.112 e. The lowest BCUT2D eigenvalue weighted by molar-refractivity contribution is 0.152. The van der Waals surface area contributed by atoms with Crippen LogP contribution in [0.2, 0.25) is 0 Å². The van der Waals surface area contributed by atoms with Crippen molar-refractivity contribution in [2.24, 2.45) is 0 Å². The third-order valence-corrected chi connectivity index (χ3v) is 1.50. The molecule has 1 rings (SSSR count). The first kappa shape index (κ1) is 6.05. The largest absolute Gasteiger partial charge is 0.391 e. The highest BCUT2D eigenvalue weighted by molar-refractivity contribution is 4.97. The number of hydrogen-bond donors (Lipinski definition) is 1. The molecule has 2 heteroatoms. The minimum Gasteiger partial charge on any atom is -0.391 e. The molecule has 2 atom stereocenters. The second kappa shape index (κ2) is 1.45. The first-order valence-corrected chi connectivity index (χ1v) is 2.90. The zero-order chi connectivity index (χ0) is 6.36. The highest BCUT2D eigenvalue weighted by Crippen LogP contribution is 2.37. The Kier molecular flexibility index (Phi) is 1.10. The van der Waals surface area contributed by atoms with Crippen molar-refractivity contribution in [1.82, 2.24) is 0 Å². The summed E-state index contributed by atoms with van der Waals surface area (Å²) < 4.78 is 5.12. The second-order valence-electron chi connectivity index (χ2n) is 2.88. The zero-order valence-electron chi connectivity index (χ0n) is 5.51. The summed E-state index contributed by atoms with van der Waals surface area (Å²) >= 11 is 0. The van der Waals surface area contributed by atoms with Gasteiger partial charge in [0.2, 0.25) is 0 Å². The third-order valence-electron chi connectivity index (χ3n) is 1.50. The average molecular weight is 116 g/mol.